The standard InChI is InChI=1S/C17H24N2O/c1-13-5-2-3-7-16(13)17(20)19(11-14-8-9-14)12-15-6-4-10-18-15/h2-3,5,7,14-15,18H,4,6,8-12H2,1H3. The van der Waals surface area contributed by atoms with Gasteiger partial charge in [0.2, 0.25) is 0 Å². The van der Waals surface area contributed by atoms with Gasteiger partial charge in [0, 0.05) is 24.7 Å². The summed E-state index contributed by atoms with van der Waals surface area (Å²) in [6, 6.07) is 8.43. The van der Waals surface area contributed by atoms with Gasteiger partial charge in [-0.3, -0.25) is 4.79 Å². The fourth-order valence-corrected chi connectivity index (χ4v) is 3.01. The van der Waals surface area contributed by atoms with Crippen LogP contribution in [0.2, 0.25) is 0 Å². The maximum Gasteiger partial charge on any atom is 0.254 e. The van der Waals surface area contributed by atoms with E-state index in [1.807, 2.05) is 31.2 Å². The smallest absolute Gasteiger partial charge is 0.254 e. The van der Waals surface area contributed by atoms with E-state index in [0.717, 1.165) is 36.7 Å². The van der Waals surface area contributed by atoms with Crippen LogP contribution < -0.4 is 5.32 Å². The van der Waals surface area contributed by atoms with Crippen LogP contribution in [0, 0.1) is 12.8 Å². The molecule has 1 aliphatic carbocycles. The van der Waals surface area contributed by atoms with Crippen LogP contribution in [0.4, 0.5) is 0 Å². The zero-order valence-corrected chi connectivity index (χ0v) is 12.3. The van der Waals surface area contributed by atoms with Crippen molar-refractivity contribution in [2.45, 2.75) is 38.6 Å². The maximum atomic E-state index is 12.8. The van der Waals surface area contributed by atoms with E-state index in [2.05, 4.69) is 10.2 Å². The Morgan fingerprint density at radius 1 is 1.25 bits per heavy atom. The average molecular weight is 272 g/mol. The number of hydrogen-bond donors (Lipinski definition) is 1. The summed E-state index contributed by atoms with van der Waals surface area (Å²) in [5.74, 6) is 0.952. The van der Waals surface area contributed by atoms with Crippen molar-refractivity contribution in [3.63, 3.8) is 0 Å². The quantitative estimate of drug-likeness (QED) is 0.893. The van der Waals surface area contributed by atoms with Gasteiger partial charge in [-0.2, -0.15) is 0 Å². The Morgan fingerprint density at radius 2 is 2.05 bits per heavy atom. The predicted molar refractivity (Wildman–Crippen MR) is 80.8 cm³/mol. The van der Waals surface area contributed by atoms with Crippen LogP contribution in [-0.2, 0) is 0 Å². The van der Waals surface area contributed by atoms with Crippen molar-refractivity contribution >= 4 is 5.91 Å². The number of benzene rings is 1. The lowest BCUT2D eigenvalue weighted by Crippen LogP contribution is -2.42. The molecule has 1 saturated heterocycles. The minimum absolute atomic E-state index is 0.212. The van der Waals surface area contributed by atoms with Crippen LogP contribution in [-0.4, -0.2) is 36.5 Å². The van der Waals surface area contributed by atoms with Crippen molar-refractivity contribution in [1.82, 2.24) is 10.2 Å². The molecule has 1 heterocycles. The molecular weight excluding hydrogens is 248 g/mol. The van der Waals surface area contributed by atoms with E-state index in [1.165, 1.54) is 25.7 Å². The van der Waals surface area contributed by atoms with Crippen LogP contribution in [0.25, 0.3) is 0 Å². The lowest BCUT2D eigenvalue weighted by atomic mass is 10.1. The third-order valence-corrected chi connectivity index (χ3v) is 4.44. The van der Waals surface area contributed by atoms with E-state index < -0.39 is 0 Å². The third-order valence-electron chi connectivity index (χ3n) is 4.44. The Labute approximate surface area is 121 Å². The van der Waals surface area contributed by atoms with Crippen LogP contribution in [0.5, 0.6) is 0 Å². The first kappa shape index (κ1) is 13.6. The van der Waals surface area contributed by atoms with Crippen molar-refractivity contribution in [2.24, 2.45) is 5.92 Å². The van der Waals surface area contributed by atoms with Crippen LogP contribution >= 0.6 is 0 Å². The predicted octanol–water partition coefficient (Wildman–Crippen LogP) is 2.60. The molecule has 2 fully saturated rings. The molecule has 2 aliphatic rings. The summed E-state index contributed by atoms with van der Waals surface area (Å²) in [6.07, 6.45) is 5.01. The van der Waals surface area contributed by atoms with Gasteiger partial charge in [-0.15, -0.1) is 0 Å². The summed E-state index contributed by atoms with van der Waals surface area (Å²) < 4.78 is 0. The van der Waals surface area contributed by atoms with Crippen molar-refractivity contribution in [2.75, 3.05) is 19.6 Å². The van der Waals surface area contributed by atoms with Crippen LogP contribution in [0.3, 0.4) is 0 Å². The first-order valence-electron chi connectivity index (χ1n) is 7.82. The minimum Gasteiger partial charge on any atom is -0.337 e. The highest BCUT2D eigenvalue weighted by Gasteiger charge is 2.29. The van der Waals surface area contributed by atoms with Gasteiger partial charge in [0.05, 0.1) is 0 Å². The van der Waals surface area contributed by atoms with Crippen molar-refractivity contribution in [3.05, 3.63) is 35.4 Å². The van der Waals surface area contributed by atoms with E-state index in [-0.39, 0.29) is 5.91 Å². The van der Waals surface area contributed by atoms with Gasteiger partial charge in [-0.1, -0.05) is 18.2 Å². The Balaban J connectivity index is 1.73. The molecule has 3 nitrogen and oxygen atoms in total. The van der Waals surface area contributed by atoms with Crippen molar-refractivity contribution in [3.8, 4) is 0 Å². The molecule has 0 aromatic heterocycles. The number of amides is 1. The molecule has 1 saturated carbocycles. The Hall–Kier alpha value is -1.35. The highest BCUT2D eigenvalue weighted by Crippen LogP contribution is 2.30. The van der Waals surface area contributed by atoms with Crippen LogP contribution in [0.1, 0.15) is 41.6 Å². The summed E-state index contributed by atoms with van der Waals surface area (Å²) in [5, 5.41) is 3.51. The number of carbonyl (C=O) groups excluding carboxylic acids is 1. The molecule has 108 valence electrons. The second-order valence-corrected chi connectivity index (χ2v) is 6.26. The van der Waals surface area contributed by atoms with Gasteiger partial charge < -0.3 is 10.2 Å². The number of nitrogens with zero attached hydrogens (tertiary/aromatic N) is 1. The molecule has 1 unspecified atom stereocenters. The first-order chi connectivity index (χ1) is 9.74. The van der Waals surface area contributed by atoms with Gasteiger partial charge in [0.25, 0.3) is 5.91 Å². The third kappa shape index (κ3) is 3.21. The molecule has 1 aromatic carbocycles. The Kier molecular flexibility index (Phi) is 4.06. The van der Waals surface area contributed by atoms with Gasteiger partial charge >= 0.3 is 0 Å². The molecular formula is C17H24N2O. The summed E-state index contributed by atoms with van der Waals surface area (Å²) in [7, 11) is 0. The minimum atomic E-state index is 0.212. The largest absolute Gasteiger partial charge is 0.337 e. The number of rotatable bonds is 5. The molecule has 1 atom stereocenters. The second kappa shape index (κ2) is 5.96. The van der Waals surface area contributed by atoms with Gasteiger partial charge in [-0.05, 0) is 56.7 Å². The van der Waals surface area contributed by atoms with Gasteiger partial charge in [0.1, 0.15) is 0 Å². The number of carbonyl (C=O) groups is 1. The summed E-state index contributed by atoms with van der Waals surface area (Å²) in [5.41, 5.74) is 1.95. The molecule has 3 heteroatoms. The zero-order chi connectivity index (χ0) is 13.9. The normalized spacial score (nSPS) is 21.9. The highest BCUT2D eigenvalue weighted by molar-refractivity contribution is 5.95. The second-order valence-electron chi connectivity index (χ2n) is 6.26. The van der Waals surface area contributed by atoms with Crippen LogP contribution in [0.15, 0.2) is 24.3 Å². The Morgan fingerprint density at radius 3 is 2.70 bits per heavy atom. The van der Waals surface area contributed by atoms with Crippen molar-refractivity contribution < 1.29 is 4.79 Å². The fourth-order valence-electron chi connectivity index (χ4n) is 3.01. The highest BCUT2D eigenvalue weighted by atomic mass is 16.2. The molecule has 1 amide bonds. The summed E-state index contributed by atoms with van der Waals surface area (Å²) in [6.45, 7) is 4.92. The topological polar surface area (TPSA) is 32.3 Å². The van der Waals surface area contributed by atoms with Crippen molar-refractivity contribution in [1.29, 1.82) is 0 Å². The SMILES string of the molecule is Cc1ccccc1C(=O)N(CC1CC1)CC1CCCN1. The van der Waals surface area contributed by atoms with E-state index in [1.54, 1.807) is 0 Å². The lowest BCUT2D eigenvalue weighted by Gasteiger charge is -2.26. The molecule has 1 aromatic rings. The molecule has 20 heavy (non-hydrogen) atoms. The first-order valence-corrected chi connectivity index (χ1v) is 7.82. The molecule has 0 bridgehead atoms. The fraction of sp³-hybridized carbons (Fsp3) is 0.588. The number of aryl methyl sites for hydroxylation is 1. The molecule has 0 radical (unpaired) electrons. The molecule has 1 aliphatic heterocycles. The molecule has 0 spiro atoms. The average Bonchev–Trinajstić information content (AvgIpc) is 3.11. The molecule has 1 N–H and O–H groups in total. The van der Waals surface area contributed by atoms with E-state index in [9.17, 15) is 4.79 Å². The van der Waals surface area contributed by atoms with E-state index >= 15 is 0 Å². The monoisotopic (exact) mass is 272 g/mol. The zero-order valence-electron chi connectivity index (χ0n) is 12.3. The Bertz CT molecular complexity index is 476. The number of nitrogens with one attached hydrogen (secondary N) is 1. The molecule has 3 rings (SSSR count). The maximum absolute atomic E-state index is 12.8. The van der Waals surface area contributed by atoms with E-state index in [0.29, 0.717) is 6.04 Å². The summed E-state index contributed by atoms with van der Waals surface area (Å²) >= 11 is 0. The lowest BCUT2D eigenvalue weighted by molar-refractivity contribution is 0.0733. The van der Waals surface area contributed by atoms with E-state index in [4.69, 9.17) is 0 Å². The van der Waals surface area contributed by atoms with Gasteiger partial charge in [-0.25, -0.2) is 0 Å². The number of hydrogen-bond acceptors (Lipinski definition) is 2. The summed E-state index contributed by atoms with van der Waals surface area (Å²) in [4.78, 5) is 14.9. The van der Waals surface area contributed by atoms with Gasteiger partial charge in [0.15, 0.2) is 0 Å².